The highest BCUT2D eigenvalue weighted by atomic mass is 32.1. The van der Waals surface area contributed by atoms with Gasteiger partial charge in [-0.15, -0.1) is 11.3 Å². The molecule has 7 heteroatoms. The molecule has 1 amide bonds. The first-order valence-electron chi connectivity index (χ1n) is 14.3. The van der Waals surface area contributed by atoms with Gasteiger partial charge in [-0.05, 0) is 67.9 Å². The molecule has 6 rings (SSSR count). The van der Waals surface area contributed by atoms with Crippen LogP contribution in [0.1, 0.15) is 40.0 Å². The summed E-state index contributed by atoms with van der Waals surface area (Å²) in [7, 11) is 0. The summed E-state index contributed by atoms with van der Waals surface area (Å²) in [6.45, 7) is 4.46. The standard InChI is InChI=1S/C34H35N5OS/c1-25-30(33(40)38-18-14-28(15-19-38)21-27-11-6-3-7-12-27)22-32(39(25)20-16-26-9-4-2-5-10-26)31-24-41-34(37-31)36-29-13-8-17-35-23-29/h2-13,17,22-24,28H,14-16,18-21H2,1H3,(H,36,37). The van der Waals surface area contributed by atoms with Crippen LogP contribution in [0.4, 0.5) is 10.8 Å². The van der Waals surface area contributed by atoms with E-state index in [-0.39, 0.29) is 5.91 Å². The highest BCUT2D eigenvalue weighted by Crippen LogP contribution is 2.32. The average Bonchev–Trinajstić information content (AvgIpc) is 3.61. The Labute approximate surface area is 245 Å². The van der Waals surface area contributed by atoms with E-state index in [1.165, 1.54) is 11.1 Å². The number of nitrogens with zero attached hydrogens (tertiary/aromatic N) is 4. The molecule has 0 radical (unpaired) electrons. The van der Waals surface area contributed by atoms with Gasteiger partial charge in [0.15, 0.2) is 5.13 Å². The van der Waals surface area contributed by atoms with Gasteiger partial charge in [0.2, 0.25) is 0 Å². The van der Waals surface area contributed by atoms with E-state index in [0.717, 1.165) is 78.8 Å². The predicted octanol–water partition coefficient (Wildman–Crippen LogP) is 7.40. The molecule has 0 bridgehead atoms. The molecule has 208 valence electrons. The summed E-state index contributed by atoms with van der Waals surface area (Å²) in [6.07, 6.45) is 7.58. The van der Waals surface area contributed by atoms with Crippen LogP contribution in [0.15, 0.2) is 96.6 Å². The Morgan fingerprint density at radius 2 is 1.71 bits per heavy atom. The van der Waals surface area contributed by atoms with Crippen LogP contribution in [0.5, 0.6) is 0 Å². The number of rotatable bonds is 9. The van der Waals surface area contributed by atoms with Gasteiger partial charge in [-0.3, -0.25) is 9.78 Å². The number of benzene rings is 2. The summed E-state index contributed by atoms with van der Waals surface area (Å²) in [5.74, 6) is 0.749. The second-order valence-corrected chi connectivity index (χ2v) is 11.6. The van der Waals surface area contributed by atoms with Crippen molar-refractivity contribution in [3.05, 3.63) is 119 Å². The highest BCUT2D eigenvalue weighted by molar-refractivity contribution is 7.14. The molecule has 3 aromatic heterocycles. The van der Waals surface area contributed by atoms with Gasteiger partial charge in [-0.2, -0.15) is 0 Å². The quantitative estimate of drug-likeness (QED) is 0.204. The SMILES string of the molecule is Cc1c(C(=O)N2CCC(Cc3ccccc3)CC2)cc(-c2csc(Nc3cccnc3)n2)n1CCc1ccccc1. The normalized spacial score (nSPS) is 13.8. The lowest BCUT2D eigenvalue weighted by molar-refractivity contribution is 0.0689. The summed E-state index contributed by atoms with van der Waals surface area (Å²) in [5.41, 5.74) is 7.20. The van der Waals surface area contributed by atoms with Crippen LogP contribution in [-0.2, 0) is 19.4 Å². The zero-order chi connectivity index (χ0) is 28.0. The molecule has 1 N–H and O–H groups in total. The van der Waals surface area contributed by atoms with Crippen molar-refractivity contribution < 1.29 is 4.79 Å². The number of aryl methyl sites for hydroxylation is 1. The van der Waals surface area contributed by atoms with Gasteiger partial charge in [-0.25, -0.2) is 4.98 Å². The summed E-state index contributed by atoms with van der Waals surface area (Å²) < 4.78 is 2.27. The molecule has 6 nitrogen and oxygen atoms in total. The van der Waals surface area contributed by atoms with Gasteiger partial charge in [0, 0.05) is 36.9 Å². The van der Waals surface area contributed by atoms with Crippen molar-refractivity contribution in [2.24, 2.45) is 5.92 Å². The maximum absolute atomic E-state index is 13.9. The third-order valence-corrected chi connectivity index (χ3v) is 8.77. The monoisotopic (exact) mass is 561 g/mol. The van der Waals surface area contributed by atoms with E-state index in [1.54, 1.807) is 23.7 Å². The first-order chi connectivity index (χ1) is 20.1. The first-order valence-corrected chi connectivity index (χ1v) is 15.2. The fourth-order valence-electron chi connectivity index (χ4n) is 5.71. The molecule has 4 heterocycles. The minimum atomic E-state index is 0.129. The van der Waals surface area contributed by atoms with Crippen LogP contribution >= 0.6 is 11.3 Å². The number of hydrogen-bond acceptors (Lipinski definition) is 5. The molecule has 1 aliphatic rings. The maximum atomic E-state index is 13.9. The van der Waals surface area contributed by atoms with Crippen LogP contribution in [0.25, 0.3) is 11.4 Å². The van der Waals surface area contributed by atoms with E-state index in [9.17, 15) is 4.79 Å². The van der Waals surface area contributed by atoms with Crippen molar-refractivity contribution in [1.29, 1.82) is 0 Å². The lowest BCUT2D eigenvalue weighted by Gasteiger charge is -2.32. The molecule has 0 unspecified atom stereocenters. The third kappa shape index (κ3) is 6.41. The number of carbonyl (C=O) groups is 1. The van der Waals surface area contributed by atoms with Crippen molar-refractivity contribution >= 4 is 28.1 Å². The van der Waals surface area contributed by atoms with Gasteiger partial charge in [0.1, 0.15) is 0 Å². The number of aromatic nitrogens is 3. The molecular weight excluding hydrogens is 526 g/mol. The van der Waals surface area contributed by atoms with Crippen molar-refractivity contribution in [2.75, 3.05) is 18.4 Å². The fraction of sp³-hybridized carbons (Fsp3) is 0.265. The van der Waals surface area contributed by atoms with Gasteiger partial charge in [-0.1, -0.05) is 60.7 Å². The smallest absolute Gasteiger partial charge is 0.255 e. The average molecular weight is 562 g/mol. The molecule has 2 aromatic carbocycles. The number of likely N-dealkylation sites (tertiary alicyclic amines) is 1. The van der Waals surface area contributed by atoms with E-state index < -0.39 is 0 Å². The molecular formula is C34H35N5OS. The highest BCUT2D eigenvalue weighted by Gasteiger charge is 2.27. The van der Waals surface area contributed by atoms with Crippen LogP contribution in [0.2, 0.25) is 0 Å². The fourth-order valence-corrected chi connectivity index (χ4v) is 6.44. The van der Waals surface area contributed by atoms with Gasteiger partial charge >= 0.3 is 0 Å². The Hall–Kier alpha value is -4.23. The number of anilines is 2. The molecule has 0 atom stereocenters. The second-order valence-electron chi connectivity index (χ2n) is 10.7. The zero-order valence-corrected chi connectivity index (χ0v) is 24.2. The van der Waals surface area contributed by atoms with Crippen LogP contribution in [0.3, 0.4) is 0 Å². The number of nitrogens with one attached hydrogen (secondary N) is 1. The molecule has 0 aliphatic carbocycles. The molecule has 1 aliphatic heterocycles. The lowest BCUT2D eigenvalue weighted by atomic mass is 9.90. The Morgan fingerprint density at radius 1 is 0.976 bits per heavy atom. The number of hydrogen-bond donors (Lipinski definition) is 1. The molecule has 1 fully saturated rings. The van der Waals surface area contributed by atoms with Crippen molar-refractivity contribution in [3.8, 4) is 11.4 Å². The minimum absolute atomic E-state index is 0.129. The van der Waals surface area contributed by atoms with E-state index in [1.807, 2.05) is 23.1 Å². The number of pyridine rings is 1. The number of thiazole rings is 1. The van der Waals surface area contributed by atoms with Crippen molar-refractivity contribution in [2.45, 2.75) is 39.2 Å². The number of carbonyl (C=O) groups excluding carboxylic acids is 1. The Bertz CT molecular complexity index is 1570. The van der Waals surface area contributed by atoms with E-state index in [4.69, 9.17) is 4.98 Å². The van der Waals surface area contributed by atoms with E-state index in [0.29, 0.717) is 5.92 Å². The topological polar surface area (TPSA) is 63.1 Å². The summed E-state index contributed by atoms with van der Waals surface area (Å²) in [6, 6.07) is 27.1. The van der Waals surface area contributed by atoms with E-state index >= 15 is 0 Å². The third-order valence-electron chi connectivity index (χ3n) is 8.01. The molecule has 0 saturated carbocycles. The van der Waals surface area contributed by atoms with Gasteiger partial charge in [0.25, 0.3) is 5.91 Å². The summed E-state index contributed by atoms with van der Waals surface area (Å²) >= 11 is 1.56. The number of piperidine rings is 1. The summed E-state index contributed by atoms with van der Waals surface area (Å²) in [4.78, 5) is 25.0. The molecule has 1 saturated heterocycles. The van der Waals surface area contributed by atoms with Gasteiger partial charge < -0.3 is 14.8 Å². The lowest BCUT2D eigenvalue weighted by Crippen LogP contribution is -2.39. The predicted molar refractivity (Wildman–Crippen MR) is 167 cm³/mol. The van der Waals surface area contributed by atoms with E-state index in [2.05, 4.69) is 87.8 Å². The Balaban J connectivity index is 1.22. The zero-order valence-electron chi connectivity index (χ0n) is 23.4. The Kier molecular flexibility index (Phi) is 8.23. The largest absolute Gasteiger partial charge is 0.342 e. The molecule has 41 heavy (non-hydrogen) atoms. The maximum Gasteiger partial charge on any atom is 0.255 e. The van der Waals surface area contributed by atoms with Crippen molar-refractivity contribution in [1.82, 2.24) is 19.4 Å². The molecule has 5 aromatic rings. The van der Waals surface area contributed by atoms with Crippen LogP contribution < -0.4 is 5.32 Å². The Morgan fingerprint density at radius 3 is 2.41 bits per heavy atom. The number of amides is 1. The minimum Gasteiger partial charge on any atom is -0.342 e. The second kappa shape index (κ2) is 12.5. The summed E-state index contributed by atoms with van der Waals surface area (Å²) in [5, 5.41) is 6.22. The van der Waals surface area contributed by atoms with Crippen LogP contribution in [0, 0.1) is 12.8 Å². The van der Waals surface area contributed by atoms with Crippen molar-refractivity contribution in [3.63, 3.8) is 0 Å². The first kappa shape index (κ1) is 27.0. The van der Waals surface area contributed by atoms with Crippen LogP contribution in [-0.4, -0.2) is 38.4 Å². The van der Waals surface area contributed by atoms with Gasteiger partial charge in [0.05, 0.1) is 28.8 Å². The molecule has 0 spiro atoms.